The Balaban J connectivity index is 1.62. The number of ether oxygens (including phenoxy) is 1. The zero-order valence-electron chi connectivity index (χ0n) is 23.1. The second-order valence-electron chi connectivity index (χ2n) is 14.0. The third-order valence-corrected chi connectivity index (χ3v) is 12.0. The number of aliphatic hydroxyl groups excluding tert-OH is 1. The van der Waals surface area contributed by atoms with Gasteiger partial charge < -0.3 is 9.84 Å². The summed E-state index contributed by atoms with van der Waals surface area (Å²) in [7, 11) is 1.87. The number of hydrogen-bond acceptors (Lipinski definition) is 2. The lowest BCUT2D eigenvalue weighted by Crippen LogP contribution is -2.58. The molecule has 9 atom stereocenters. The molecule has 4 rings (SSSR count). The van der Waals surface area contributed by atoms with Gasteiger partial charge in [-0.1, -0.05) is 64.8 Å². The minimum absolute atomic E-state index is 0.0174. The molecule has 0 radical (unpaired) electrons. The Morgan fingerprint density at radius 2 is 1.79 bits per heavy atom. The molecule has 3 fully saturated rings. The molecule has 0 spiro atoms. The second kappa shape index (κ2) is 8.51. The maximum atomic E-state index is 10.8. The minimum Gasteiger partial charge on any atom is -0.393 e. The molecular formula is C31H52O2. The lowest BCUT2D eigenvalue weighted by molar-refractivity contribution is -0.131. The average molecular weight is 457 g/mol. The molecule has 0 heterocycles. The van der Waals surface area contributed by atoms with Crippen LogP contribution in [0.3, 0.4) is 0 Å². The maximum Gasteiger partial charge on any atom is 0.0757 e. The molecule has 0 aromatic rings. The topological polar surface area (TPSA) is 29.5 Å². The number of hydrogen-bond donors (Lipinski definition) is 1. The second-order valence-corrected chi connectivity index (χ2v) is 14.0. The molecule has 4 aliphatic carbocycles. The standard InChI is InChI=1S/C31H52O2/c1-20(2)18-22(33-9)19-21(3)23-12-16-31(8)25-10-11-26-28(4,5)27(32)14-15-29(26,6)24(25)13-17-30(23,31)7/h10,18,21-24,26-27,32H,11-17,19H2,1-9H3/t21-,22-,23-,24-,26-,27-,29+,30-,31+/m0/s1. The number of allylic oxidation sites excluding steroid dienone is 3. The number of rotatable bonds is 5. The van der Waals surface area contributed by atoms with E-state index >= 15 is 0 Å². The first-order valence-electron chi connectivity index (χ1n) is 13.9. The van der Waals surface area contributed by atoms with Crippen molar-refractivity contribution in [1.29, 1.82) is 0 Å². The molecule has 188 valence electrons. The molecule has 0 bridgehead atoms. The van der Waals surface area contributed by atoms with Crippen LogP contribution in [0.5, 0.6) is 0 Å². The van der Waals surface area contributed by atoms with Gasteiger partial charge in [0.1, 0.15) is 0 Å². The molecule has 0 aliphatic heterocycles. The van der Waals surface area contributed by atoms with Gasteiger partial charge in [0.15, 0.2) is 0 Å². The normalized spacial score (nSPS) is 45.8. The van der Waals surface area contributed by atoms with Crippen LogP contribution in [0.2, 0.25) is 0 Å². The summed E-state index contributed by atoms with van der Waals surface area (Å²) < 4.78 is 5.86. The van der Waals surface area contributed by atoms with Crippen molar-refractivity contribution >= 4 is 0 Å². The molecule has 0 unspecified atom stereocenters. The highest BCUT2D eigenvalue weighted by Gasteiger charge is 2.65. The van der Waals surface area contributed by atoms with Crippen LogP contribution in [0.15, 0.2) is 23.3 Å². The number of aliphatic hydroxyl groups is 1. The molecule has 0 saturated heterocycles. The van der Waals surface area contributed by atoms with Crippen LogP contribution in [-0.4, -0.2) is 24.4 Å². The van der Waals surface area contributed by atoms with Gasteiger partial charge in [0, 0.05) is 7.11 Å². The van der Waals surface area contributed by atoms with Gasteiger partial charge in [-0.05, 0) is 111 Å². The van der Waals surface area contributed by atoms with Crippen molar-refractivity contribution in [2.24, 2.45) is 45.3 Å². The number of fused-ring (bicyclic) bond motifs is 5. The Morgan fingerprint density at radius 3 is 2.42 bits per heavy atom. The van der Waals surface area contributed by atoms with Gasteiger partial charge in [0.25, 0.3) is 0 Å². The first-order chi connectivity index (χ1) is 15.3. The largest absolute Gasteiger partial charge is 0.393 e. The van der Waals surface area contributed by atoms with Crippen LogP contribution in [0.25, 0.3) is 0 Å². The third kappa shape index (κ3) is 3.72. The van der Waals surface area contributed by atoms with Gasteiger partial charge in [-0.25, -0.2) is 0 Å². The Bertz CT molecular complexity index is 804. The van der Waals surface area contributed by atoms with E-state index in [0.717, 1.165) is 25.2 Å². The summed E-state index contributed by atoms with van der Waals surface area (Å²) in [6.07, 6.45) is 14.9. The Labute approximate surface area is 204 Å². The fourth-order valence-electron chi connectivity index (χ4n) is 9.79. The van der Waals surface area contributed by atoms with Crippen LogP contribution in [0, 0.1) is 45.3 Å². The van der Waals surface area contributed by atoms with E-state index in [1.54, 1.807) is 0 Å². The molecule has 1 N–H and O–H groups in total. The summed E-state index contributed by atoms with van der Waals surface area (Å²) in [5.74, 6) is 2.73. The van der Waals surface area contributed by atoms with Gasteiger partial charge >= 0.3 is 0 Å². The average Bonchev–Trinajstić information content (AvgIpc) is 3.02. The first-order valence-corrected chi connectivity index (χ1v) is 13.9. The Kier molecular flexibility index (Phi) is 6.57. The van der Waals surface area contributed by atoms with Gasteiger partial charge in [-0.15, -0.1) is 0 Å². The fourth-order valence-corrected chi connectivity index (χ4v) is 9.79. The van der Waals surface area contributed by atoms with Crippen molar-refractivity contribution < 1.29 is 9.84 Å². The van der Waals surface area contributed by atoms with Crippen molar-refractivity contribution in [1.82, 2.24) is 0 Å². The summed E-state index contributed by atoms with van der Waals surface area (Å²) in [5, 5.41) is 10.8. The van der Waals surface area contributed by atoms with E-state index in [-0.39, 0.29) is 17.6 Å². The van der Waals surface area contributed by atoms with E-state index in [2.05, 4.69) is 67.5 Å². The van der Waals surface area contributed by atoms with Crippen LogP contribution in [-0.2, 0) is 4.74 Å². The molecule has 33 heavy (non-hydrogen) atoms. The predicted molar refractivity (Wildman–Crippen MR) is 139 cm³/mol. The van der Waals surface area contributed by atoms with Crippen LogP contribution < -0.4 is 0 Å². The summed E-state index contributed by atoms with van der Waals surface area (Å²) in [6, 6.07) is 0. The van der Waals surface area contributed by atoms with Gasteiger partial charge in [0.05, 0.1) is 12.2 Å². The molecule has 4 aliphatic rings. The van der Waals surface area contributed by atoms with Crippen molar-refractivity contribution in [3.63, 3.8) is 0 Å². The molecule has 0 aromatic carbocycles. The smallest absolute Gasteiger partial charge is 0.0757 e. The molecule has 3 saturated carbocycles. The third-order valence-electron chi connectivity index (χ3n) is 12.0. The van der Waals surface area contributed by atoms with Gasteiger partial charge in [0.2, 0.25) is 0 Å². The van der Waals surface area contributed by atoms with Crippen LogP contribution in [0.4, 0.5) is 0 Å². The summed E-state index contributed by atoms with van der Waals surface area (Å²) in [5.41, 5.74) is 4.22. The van der Waals surface area contributed by atoms with Crippen molar-refractivity contribution in [2.45, 2.75) is 119 Å². The van der Waals surface area contributed by atoms with Crippen molar-refractivity contribution in [3.8, 4) is 0 Å². The zero-order valence-corrected chi connectivity index (χ0v) is 23.1. The number of methoxy groups -OCH3 is 1. The monoisotopic (exact) mass is 456 g/mol. The first kappa shape index (κ1) is 25.5. The molecular weight excluding hydrogens is 404 g/mol. The maximum absolute atomic E-state index is 10.8. The lowest BCUT2D eigenvalue weighted by Gasteiger charge is -2.64. The molecule has 2 nitrogen and oxygen atoms in total. The molecule has 0 aromatic heterocycles. The molecule has 0 amide bonds. The minimum atomic E-state index is -0.152. The van der Waals surface area contributed by atoms with Gasteiger partial charge in [-0.3, -0.25) is 0 Å². The Hall–Kier alpha value is -0.600. The quantitative estimate of drug-likeness (QED) is 0.425. The van der Waals surface area contributed by atoms with Crippen molar-refractivity contribution in [2.75, 3.05) is 7.11 Å². The highest BCUT2D eigenvalue weighted by atomic mass is 16.5. The van der Waals surface area contributed by atoms with E-state index in [1.165, 1.54) is 37.7 Å². The fraction of sp³-hybridized carbons (Fsp3) is 0.871. The SMILES string of the molecule is CO[C@@H](C=C(C)C)C[C@H](C)[C@@H]1CC[C@]2(C)C3=CC[C@H]4C(C)(C)[C@@H](O)CC[C@]4(C)[C@H]3CC[C@@]12C. The van der Waals surface area contributed by atoms with Crippen molar-refractivity contribution in [3.05, 3.63) is 23.3 Å². The lowest BCUT2D eigenvalue weighted by atomic mass is 9.41. The van der Waals surface area contributed by atoms with E-state index in [0.29, 0.717) is 34.0 Å². The highest BCUT2D eigenvalue weighted by Crippen LogP contribution is 2.73. The molecule has 2 heteroatoms. The summed E-state index contributed by atoms with van der Waals surface area (Å²) in [4.78, 5) is 0. The van der Waals surface area contributed by atoms with E-state index < -0.39 is 0 Å². The van der Waals surface area contributed by atoms with E-state index in [9.17, 15) is 5.11 Å². The van der Waals surface area contributed by atoms with Gasteiger partial charge in [-0.2, -0.15) is 0 Å². The Morgan fingerprint density at radius 1 is 1.09 bits per heavy atom. The van der Waals surface area contributed by atoms with Crippen LogP contribution >= 0.6 is 0 Å². The summed E-state index contributed by atoms with van der Waals surface area (Å²) in [6.45, 7) is 19.4. The van der Waals surface area contributed by atoms with E-state index in [4.69, 9.17) is 4.74 Å². The highest BCUT2D eigenvalue weighted by molar-refractivity contribution is 5.33. The predicted octanol–water partition coefficient (Wildman–Crippen LogP) is 7.96. The summed E-state index contributed by atoms with van der Waals surface area (Å²) >= 11 is 0. The van der Waals surface area contributed by atoms with Crippen LogP contribution in [0.1, 0.15) is 107 Å². The zero-order chi connectivity index (χ0) is 24.4. The van der Waals surface area contributed by atoms with E-state index in [1.807, 2.05) is 12.7 Å².